The first-order valence-electron chi connectivity index (χ1n) is 11.0. The fraction of sp³-hybridized carbons (Fsp3) is 0.222. The smallest absolute Gasteiger partial charge is 0.348 e. The number of benzene rings is 1. The maximum absolute atomic E-state index is 13.0. The molecule has 0 atom stereocenters. The summed E-state index contributed by atoms with van der Waals surface area (Å²) in [5.41, 5.74) is 3.55. The maximum Gasteiger partial charge on any atom is 0.348 e. The number of aromatic carboxylic acids is 1. The molecule has 9 heteroatoms. The number of hydrogen-bond donors (Lipinski definition) is 1. The Morgan fingerprint density at radius 2 is 1.89 bits per heavy atom. The Kier molecular flexibility index (Phi) is 7.88. The number of aryl methyl sites for hydroxylation is 1. The van der Waals surface area contributed by atoms with Crippen molar-refractivity contribution in [1.29, 1.82) is 10.5 Å². The summed E-state index contributed by atoms with van der Waals surface area (Å²) in [6.45, 7) is 7.15. The number of nitrogens with zero attached hydrogens (tertiary/aromatic N) is 3. The molecular weight excluding hydrogens is 478 g/mol. The monoisotopic (exact) mass is 501 g/mol. The van der Waals surface area contributed by atoms with Crippen LogP contribution in [0.25, 0.3) is 11.8 Å². The van der Waals surface area contributed by atoms with E-state index in [2.05, 4.69) is 0 Å². The summed E-state index contributed by atoms with van der Waals surface area (Å²) in [6, 6.07) is 12.3. The van der Waals surface area contributed by atoms with Gasteiger partial charge in [0.1, 0.15) is 17.0 Å². The molecule has 0 aliphatic rings. The van der Waals surface area contributed by atoms with E-state index in [1.807, 2.05) is 36.6 Å². The van der Waals surface area contributed by atoms with Crippen LogP contribution in [-0.4, -0.2) is 34.0 Å². The molecule has 0 unspecified atom stereocenters. The lowest BCUT2D eigenvalue weighted by atomic mass is 10.0. The molecule has 0 saturated carbocycles. The third-order valence-corrected chi connectivity index (χ3v) is 6.93. The first kappa shape index (κ1) is 26.1. The summed E-state index contributed by atoms with van der Waals surface area (Å²) in [5.74, 6) is -2.07. The number of ether oxygens (including phenoxy) is 1. The van der Waals surface area contributed by atoms with Gasteiger partial charge in [0.2, 0.25) is 0 Å². The molecule has 182 valence electrons. The van der Waals surface area contributed by atoms with Crippen molar-refractivity contribution in [1.82, 2.24) is 4.57 Å². The molecule has 2 heterocycles. The van der Waals surface area contributed by atoms with Gasteiger partial charge in [-0.1, -0.05) is 6.07 Å². The zero-order valence-corrected chi connectivity index (χ0v) is 21.0. The van der Waals surface area contributed by atoms with Crippen LogP contribution in [-0.2, 0) is 16.0 Å². The normalized spacial score (nSPS) is 11.0. The van der Waals surface area contributed by atoms with Crippen LogP contribution in [0, 0.1) is 43.4 Å². The second-order valence-corrected chi connectivity index (χ2v) is 9.08. The molecule has 0 amide bonds. The van der Waals surface area contributed by atoms with Gasteiger partial charge in [-0.05, 0) is 69.2 Å². The van der Waals surface area contributed by atoms with Crippen molar-refractivity contribution in [3.63, 3.8) is 0 Å². The van der Waals surface area contributed by atoms with Crippen LogP contribution in [0.2, 0.25) is 0 Å². The second kappa shape index (κ2) is 10.9. The van der Waals surface area contributed by atoms with E-state index in [4.69, 9.17) is 4.74 Å². The number of carboxylic acid groups (broad SMARTS) is 1. The highest BCUT2D eigenvalue weighted by atomic mass is 32.1. The Morgan fingerprint density at radius 1 is 1.17 bits per heavy atom. The number of allylic oxidation sites excluding steroid dienone is 1. The Balaban J connectivity index is 1.96. The van der Waals surface area contributed by atoms with Crippen molar-refractivity contribution in [2.45, 2.75) is 34.1 Å². The molecule has 1 N–H and O–H groups in total. The summed E-state index contributed by atoms with van der Waals surface area (Å²) in [4.78, 5) is 37.3. The van der Waals surface area contributed by atoms with Gasteiger partial charge in [-0.3, -0.25) is 4.79 Å². The van der Waals surface area contributed by atoms with Gasteiger partial charge in [-0.15, -0.1) is 11.3 Å². The van der Waals surface area contributed by atoms with Crippen molar-refractivity contribution >= 4 is 35.1 Å². The van der Waals surface area contributed by atoms with Crippen molar-refractivity contribution < 1.29 is 24.2 Å². The number of nitriles is 2. The third kappa shape index (κ3) is 5.12. The zero-order chi connectivity index (χ0) is 26.6. The number of carboxylic acids is 1. The first-order valence-corrected chi connectivity index (χ1v) is 11.8. The predicted molar refractivity (Wildman–Crippen MR) is 134 cm³/mol. The number of carbonyl (C=O) groups is 3. The Morgan fingerprint density at radius 3 is 2.50 bits per heavy atom. The van der Waals surface area contributed by atoms with Crippen molar-refractivity contribution in [3.8, 4) is 17.8 Å². The number of esters is 1. The van der Waals surface area contributed by atoms with E-state index < -0.39 is 17.7 Å². The first-order chi connectivity index (χ1) is 17.1. The summed E-state index contributed by atoms with van der Waals surface area (Å²) < 4.78 is 6.88. The van der Waals surface area contributed by atoms with E-state index in [0.29, 0.717) is 21.7 Å². The lowest BCUT2D eigenvalue weighted by molar-refractivity contribution is -0.114. The Bertz CT molecular complexity index is 1490. The van der Waals surface area contributed by atoms with Gasteiger partial charge in [-0.25, -0.2) is 9.59 Å². The molecule has 3 rings (SSSR count). The highest BCUT2D eigenvalue weighted by molar-refractivity contribution is 7.14. The van der Waals surface area contributed by atoms with E-state index in [0.717, 1.165) is 22.7 Å². The average Bonchev–Trinajstić information content (AvgIpc) is 3.31. The minimum atomic E-state index is -1.04. The third-order valence-electron chi connectivity index (χ3n) is 5.66. The summed E-state index contributed by atoms with van der Waals surface area (Å²) in [6.07, 6.45) is 1.29. The lowest BCUT2D eigenvalue weighted by Gasteiger charge is -2.10. The number of hydrogen-bond acceptors (Lipinski definition) is 7. The quantitative estimate of drug-likeness (QED) is 0.263. The van der Waals surface area contributed by atoms with Gasteiger partial charge in [0.05, 0.1) is 23.3 Å². The molecule has 3 aromatic rings. The molecule has 8 nitrogen and oxygen atoms in total. The Labute approximate surface area is 212 Å². The van der Waals surface area contributed by atoms with Crippen LogP contribution in [0.15, 0.2) is 35.9 Å². The highest BCUT2D eigenvalue weighted by Crippen LogP contribution is 2.30. The van der Waals surface area contributed by atoms with E-state index in [1.54, 1.807) is 32.0 Å². The molecule has 0 bridgehead atoms. The molecule has 0 fully saturated rings. The topological polar surface area (TPSA) is 133 Å². The number of aromatic nitrogens is 1. The number of carbonyl (C=O) groups excluding carboxylic acids is 2. The van der Waals surface area contributed by atoms with Crippen LogP contribution in [0.1, 0.15) is 59.9 Å². The van der Waals surface area contributed by atoms with Crippen LogP contribution >= 0.6 is 11.3 Å². The number of ketones is 1. The summed E-state index contributed by atoms with van der Waals surface area (Å²) in [7, 11) is 0. The van der Waals surface area contributed by atoms with E-state index in [9.17, 15) is 30.0 Å². The van der Waals surface area contributed by atoms with Gasteiger partial charge >= 0.3 is 11.9 Å². The van der Waals surface area contributed by atoms with E-state index >= 15 is 0 Å². The summed E-state index contributed by atoms with van der Waals surface area (Å²) in [5, 5.41) is 28.6. The lowest BCUT2D eigenvalue weighted by Crippen LogP contribution is -2.05. The number of thiophene rings is 1. The largest absolute Gasteiger partial charge is 0.478 e. The van der Waals surface area contributed by atoms with Crippen molar-refractivity contribution in [3.05, 3.63) is 79.3 Å². The molecule has 0 aliphatic heterocycles. The minimum Gasteiger partial charge on any atom is -0.478 e. The molecule has 36 heavy (non-hydrogen) atoms. The highest BCUT2D eigenvalue weighted by Gasteiger charge is 2.24. The summed E-state index contributed by atoms with van der Waals surface area (Å²) >= 11 is 1.03. The van der Waals surface area contributed by atoms with Crippen LogP contribution < -0.4 is 0 Å². The van der Waals surface area contributed by atoms with Gasteiger partial charge in [-0.2, -0.15) is 10.5 Å². The standard InChI is InChI=1S/C27H23N3O5S/c1-5-35-27(34)25-16(3)22(14-29)24(36-25)12-23(31)20(13-28)10-19-9-15(2)30(17(19)4)21-8-6-7-18(11-21)26(32)33/h6-11H,5,12H2,1-4H3,(H,32,33). The predicted octanol–water partition coefficient (Wildman–Crippen LogP) is 4.93. The van der Waals surface area contributed by atoms with Crippen LogP contribution in [0.4, 0.5) is 0 Å². The molecule has 0 spiro atoms. The number of Topliss-reactive ketones (excluding diaryl/α,β-unsaturated/α-hetero) is 1. The van der Waals surface area contributed by atoms with E-state index in [-0.39, 0.29) is 34.6 Å². The fourth-order valence-corrected chi connectivity index (χ4v) is 5.06. The Hall–Kier alpha value is -4.47. The van der Waals surface area contributed by atoms with Gasteiger partial charge in [0, 0.05) is 28.4 Å². The second-order valence-electron chi connectivity index (χ2n) is 7.97. The molecule has 2 aromatic heterocycles. The molecular formula is C27H23N3O5S. The molecule has 0 aliphatic carbocycles. The number of rotatable bonds is 8. The average molecular weight is 502 g/mol. The van der Waals surface area contributed by atoms with E-state index in [1.165, 1.54) is 12.1 Å². The maximum atomic E-state index is 13.0. The van der Waals surface area contributed by atoms with Crippen molar-refractivity contribution in [2.75, 3.05) is 6.61 Å². The van der Waals surface area contributed by atoms with Gasteiger partial charge < -0.3 is 14.4 Å². The van der Waals surface area contributed by atoms with Gasteiger partial charge in [0.15, 0.2) is 5.78 Å². The molecule has 1 aromatic carbocycles. The van der Waals surface area contributed by atoms with Crippen LogP contribution in [0.3, 0.4) is 0 Å². The molecule has 0 saturated heterocycles. The zero-order valence-electron chi connectivity index (χ0n) is 20.2. The molecule has 0 radical (unpaired) electrons. The van der Waals surface area contributed by atoms with Crippen molar-refractivity contribution in [2.24, 2.45) is 0 Å². The minimum absolute atomic E-state index is 0.0952. The fourth-order valence-electron chi connectivity index (χ4n) is 3.92. The van der Waals surface area contributed by atoms with Gasteiger partial charge in [0.25, 0.3) is 0 Å². The SMILES string of the molecule is CCOC(=O)c1sc(CC(=O)C(C#N)=Cc2cc(C)n(-c3cccc(C(=O)O)c3)c2C)c(C#N)c1C. The van der Waals surface area contributed by atoms with Crippen LogP contribution in [0.5, 0.6) is 0 Å².